The number of imide groups is 1. The van der Waals surface area contributed by atoms with Crippen LogP contribution in [-0.4, -0.2) is 41.4 Å². The summed E-state index contributed by atoms with van der Waals surface area (Å²) >= 11 is 0. The Labute approximate surface area is 149 Å². The lowest BCUT2D eigenvalue weighted by Gasteiger charge is -2.38. The van der Waals surface area contributed by atoms with Crippen LogP contribution < -0.4 is 10.1 Å². The molecule has 2 fully saturated rings. The van der Waals surface area contributed by atoms with Crippen LogP contribution in [0, 0.1) is 0 Å². The molecule has 1 N–H and O–H groups in total. The molecule has 136 valence electrons. The topological polar surface area (TPSA) is 58.6 Å². The van der Waals surface area contributed by atoms with Gasteiger partial charge in [0.1, 0.15) is 5.75 Å². The predicted molar refractivity (Wildman–Crippen MR) is 96.4 cm³/mol. The van der Waals surface area contributed by atoms with Gasteiger partial charge in [-0.1, -0.05) is 18.6 Å². The number of ether oxygens (including phenoxy) is 1. The molecule has 5 heteroatoms. The molecular weight excluding hydrogens is 316 g/mol. The van der Waals surface area contributed by atoms with Gasteiger partial charge in [-0.15, -0.1) is 0 Å². The summed E-state index contributed by atoms with van der Waals surface area (Å²) in [5.74, 6) is 0.125. The zero-order valence-corrected chi connectivity index (χ0v) is 15.2. The lowest BCUT2D eigenvalue weighted by Crippen LogP contribution is -2.46. The number of hydrogen-bond donors (Lipinski definition) is 1. The van der Waals surface area contributed by atoms with E-state index in [0.717, 1.165) is 6.42 Å². The van der Waals surface area contributed by atoms with Crippen molar-refractivity contribution in [1.82, 2.24) is 10.2 Å². The van der Waals surface area contributed by atoms with Crippen LogP contribution in [0.15, 0.2) is 24.3 Å². The molecule has 2 heterocycles. The van der Waals surface area contributed by atoms with E-state index in [2.05, 4.69) is 36.2 Å². The molecule has 3 rings (SSSR count). The van der Waals surface area contributed by atoms with Crippen molar-refractivity contribution in [2.45, 2.75) is 70.6 Å². The first-order valence-electron chi connectivity index (χ1n) is 9.38. The number of likely N-dealkylation sites (tertiary alicyclic amines) is 1. The molecule has 1 aromatic carbocycles. The first-order chi connectivity index (χ1) is 12.0. The Morgan fingerprint density at radius 2 is 1.92 bits per heavy atom. The molecule has 2 aliphatic rings. The van der Waals surface area contributed by atoms with E-state index in [0.29, 0.717) is 30.7 Å². The van der Waals surface area contributed by atoms with Gasteiger partial charge in [-0.05, 0) is 57.4 Å². The average Bonchev–Trinajstić information content (AvgIpc) is 2.59. The van der Waals surface area contributed by atoms with Crippen molar-refractivity contribution < 1.29 is 14.3 Å². The van der Waals surface area contributed by atoms with Crippen molar-refractivity contribution in [3.63, 3.8) is 0 Å². The summed E-state index contributed by atoms with van der Waals surface area (Å²) < 4.78 is 5.75. The van der Waals surface area contributed by atoms with E-state index >= 15 is 0 Å². The fraction of sp³-hybridized carbons (Fsp3) is 0.600. The maximum atomic E-state index is 11.8. The lowest BCUT2D eigenvalue weighted by atomic mass is 9.94. The highest BCUT2D eigenvalue weighted by Gasteiger charge is 2.28. The molecule has 5 nitrogen and oxygen atoms in total. The van der Waals surface area contributed by atoms with E-state index in [9.17, 15) is 9.59 Å². The molecule has 0 radical (unpaired) electrons. The third kappa shape index (κ3) is 4.60. The Morgan fingerprint density at radius 3 is 2.60 bits per heavy atom. The van der Waals surface area contributed by atoms with Crippen molar-refractivity contribution in [2.24, 2.45) is 0 Å². The summed E-state index contributed by atoms with van der Waals surface area (Å²) in [6.45, 7) is 5.74. The molecule has 2 atom stereocenters. The minimum absolute atomic E-state index is 0.220. The van der Waals surface area contributed by atoms with Gasteiger partial charge in [0.25, 0.3) is 5.91 Å². The minimum atomic E-state index is -0.571. The van der Waals surface area contributed by atoms with E-state index in [-0.39, 0.29) is 11.8 Å². The highest BCUT2D eigenvalue weighted by atomic mass is 16.5. The number of carbonyl (C=O) groups excluding carboxylic acids is 2. The van der Waals surface area contributed by atoms with Crippen LogP contribution in [0.1, 0.15) is 51.5 Å². The standard InChI is InChI=1S/C20H28N2O3/c1-14(2)22-12-4-3-5-16(22)13-15-6-8-17(9-7-15)25-18-10-11-19(23)21-20(18)24/h6-9,14,16,18H,3-5,10-13H2,1-2H3,(H,21,23,24). The van der Waals surface area contributed by atoms with Gasteiger partial charge < -0.3 is 4.74 Å². The smallest absolute Gasteiger partial charge is 0.267 e. The fourth-order valence-electron chi connectivity index (χ4n) is 3.85. The van der Waals surface area contributed by atoms with Crippen molar-refractivity contribution >= 4 is 11.8 Å². The van der Waals surface area contributed by atoms with Crippen LogP contribution in [0.3, 0.4) is 0 Å². The summed E-state index contributed by atoms with van der Waals surface area (Å²) in [5.41, 5.74) is 1.30. The molecule has 0 aromatic heterocycles. The van der Waals surface area contributed by atoms with E-state index in [1.165, 1.54) is 31.4 Å². The van der Waals surface area contributed by atoms with Gasteiger partial charge in [0, 0.05) is 24.9 Å². The van der Waals surface area contributed by atoms with Crippen LogP contribution in [0.25, 0.3) is 0 Å². The van der Waals surface area contributed by atoms with Crippen LogP contribution in [0.2, 0.25) is 0 Å². The van der Waals surface area contributed by atoms with E-state index < -0.39 is 6.10 Å². The third-order valence-electron chi connectivity index (χ3n) is 5.20. The number of nitrogens with zero attached hydrogens (tertiary/aromatic N) is 1. The van der Waals surface area contributed by atoms with Gasteiger partial charge in [-0.25, -0.2) is 0 Å². The second-order valence-electron chi connectivity index (χ2n) is 7.39. The molecule has 1 aromatic rings. The Hall–Kier alpha value is -1.88. The van der Waals surface area contributed by atoms with Crippen LogP contribution >= 0.6 is 0 Å². The first kappa shape index (κ1) is 17.9. The Bertz CT molecular complexity index is 612. The minimum Gasteiger partial charge on any atom is -0.481 e. The summed E-state index contributed by atoms with van der Waals surface area (Å²) in [5, 5.41) is 2.32. The summed E-state index contributed by atoms with van der Waals surface area (Å²) in [4.78, 5) is 25.6. The van der Waals surface area contributed by atoms with Gasteiger partial charge in [0.05, 0.1) is 0 Å². The number of amides is 2. The van der Waals surface area contributed by atoms with Gasteiger partial charge in [-0.3, -0.25) is 19.8 Å². The molecule has 0 bridgehead atoms. The van der Waals surface area contributed by atoms with E-state index in [1.54, 1.807) is 0 Å². The predicted octanol–water partition coefficient (Wildman–Crippen LogP) is 2.68. The lowest BCUT2D eigenvalue weighted by molar-refractivity contribution is -0.138. The molecule has 0 aliphatic carbocycles. The highest BCUT2D eigenvalue weighted by Crippen LogP contribution is 2.24. The number of nitrogens with one attached hydrogen (secondary N) is 1. The first-order valence-corrected chi connectivity index (χ1v) is 9.38. The number of benzene rings is 1. The Kier molecular flexibility index (Phi) is 5.74. The van der Waals surface area contributed by atoms with E-state index in [4.69, 9.17) is 4.74 Å². The van der Waals surface area contributed by atoms with Crippen molar-refractivity contribution in [2.75, 3.05) is 6.54 Å². The maximum Gasteiger partial charge on any atom is 0.267 e. The quantitative estimate of drug-likeness (QED) is 0.835. The van der Waals surface area contributed by atoms with Gasteiger partial charge >= 0.3 is 0 Å². The molecule has 0 saturated carbocycles. The summed E-state index contributed by atoms with van der Waals surface area (Å²) in [6.07, 6.45) is 5.12. The second kappa shape index (κ2) is 8.00. The number of hydrogen-bond acceptors (Lipinski definition) is 4. The maximum absolute atomic E-state index is 11.8. The van der Waals surface area contributed by atoms with Gasteiger partial charge in [-0.2, -0.15) is 0 Å². The molecule has 2 aliphatic heterocycles. The molecule has 25 heavy (non-hydrogen) atoms. The monoisotopic (exact) mass is 344 g/mol. The summed E-state index contributed by atoms with van der Waals surface area (Å²) in [6, 6.07) is 9.24. The second-order valence-corrected chi connectivity index (χ2v) is 7.39. The fourth-order valence-corrected chi connectivity index (χ4v) is 3.85. The zero-order valence-electron chi connectivity index (χ0n) is 15.2. The van der Waals surface area contributed by atoms with Crippen LogP contribution in [0.5, 0.6) is 5.75 Å². The average molecular weight is 344 g/mol. The number of carbonyl (C=O) groups is 2. The van der Waals surface area contributed by atoms with Crippen molar-refractivity contribution in [1.29, 1.82) is 0 Å². The molecular formula is C20H28N2O3. The van der Waals surface area contributed by atoms with E-state index in [1.807, 2.05) is 12.1 Å². The Balaban J connectivity index is 1.58. The largest absolute Gasteiger partial charge is 0.481 e. The molecule has 2 unspecified atom stereocenters. The van der Waals surface area contributed by atoms with Gasteiger partial charge in [0.2, 0.25) is 5.91 Å². The summed E-state index contributed by atoms with van der Waals surface area (Å²) in [7, 11) is 0. The molecule has 2 saturated heterocycles. The van der Waals surface area contributed by atoms with Gasteiger partial charge in [0.15, 0.2) is 6.10 Å². The number of rotatable bonds is 5. The highest BCUT2D eigenvalue weighted by molar-refractivity contribution is 5.99. The third-order valence-corrected chi connectivity index (χ3v) is 5.20. The van der Waals surface area contributed by atoms with Crippen molar-refractivity contribution in [3.05, 3.63) is 29.8 Å². The Morgan fingerprint density at radius 1 is 1.16 bits per heavy atom. The van der Waals surface area contributed by atoms with Crippen LogP contribution in [0.4, 0.5) is 0 Å². The number of piperidine rings is 2. The molecule has 0 spiro atoms. The van der Waals surface area contributed by atoms with Crippen molar-refractivity contribution in [3.8, 4) is 5.75 Å². The van der Waals surface area contributed by atoms with Crippen LogP contribution in [-0.2, 0) is 16.0 Å². The SMILES string of the molecule is CC(C)N1CCCCC1Cc1ccc(OC2CCC(=O)NC2=O)cc1. The molecule has 2 amide bonds. The normalized spacial score (nSPS) is 25.1. The zero-order chi connectivity index (χ0) is 17.8.